The molecule has 0 aliphatic carbocycles. The third-order valence-corrected chi connectivity index (χ3v) is 5.63. The lowest BCUT2D eigenvalue weighted by Gasteiger charge is -2.18. The first-order valence-corrected chi connectivity index (χ1v) is 10.6. The molecule has 1 heterocycles. The normalized spacial score (nSPS) is 12.0. The van der Waals surface area contributed by atoms with Gasteiger partial charge in [0.15, 0.2) is 11.6 Å². The fraction of sp³-hybridized carbons (Fsp3) is 0.150. The van der Waals surface area contributed by atoms with Gasteiger partial charge in [-0.3, -0.25) is 4.79 Å². The number of ether oxygens (including phenoxy) is 2. The van der Waals surface area contributed by atoms with Gasteiger partial charge < -0.3 is 14.5 Å². The number of hydrogen-bond donors (Lipinski definition) is 2. The number of aromatic amines is 1. The minimum absolute atomic E-state index is 0.243. The summed E-state index contributed by atoms with van der Waals surface area (Å²) in [6, 6.07) is 2.76. The summed E-state index contributed by atoms with van der Waals surface area (Å²) in [5.41, 5.74) is -4.00. The number of nitrogens with one attached hydrogen (secondary N) is 1. The number of halogens is 6. The molecule has 3 aromatic rings. The third kappa shape index (κ3) is 4.72. The van der Waals surface area contributed by atoms with E-state index in [2.05, 4.69) is 4.98 Å². The van der Waals surface area contributed by atoms with Crippen LogP contribution in [0.4, 0.5) is 26.3 Å². The highest BCUT2D eigenvalue weighted by Gasteiger charge is 2.36. The summed E-state index contributed by atoms with van der Waals surface area (Å²) < 4.78 is 115. The number of sulfonamides is 1. The molecule has 0 fully saturated rings. The second kappa shape index (κ2) is 8.68. The van der Waals surface area contributed by atoms with Crippen LogP contribution in [0.15, 0.2) is 40.0 Å². The Morgan fingerprint density at radius 3 is 2.18 bits per heavy atom. The van der Waals surface area contributed by atoms with Crippen molar-refractivity contribution in [2.45, 2.75) is 18.0 Å². The molecular weight excluding hydrogens is 494 g/mol. The van der Waals surface area contributed by atoms with Crippen molar-refractivity contribution in [3.63, 3.8) is 0 Å². The lowest BCUT2D eigenvalue weighted by Crippen LogP contribution is -2.23. The summed E-state index contributed by atoms with van der Waals surface area (Å²) in [6.45, 7) is 1.14. The van der Waals surface area contributed by atoms with Crippen LogP contribution in [-0.2, 0) is 16.2 Å². The van der Waals surface area contributed by atoms with Crippen LogP contribution in [0.1, 0.15) is 11.3 Å². The molecule has 0 bridgehead atoms. The number of H-pyrrole nitrogens is 1. The van der Waals surface area contributed by atoms with Gasteiger partial charge >= 0.3 is 6.18 Å². The van der Waals surface area contributed by atoms with Gasteiger partial charge in [0.05, 0.1) is 18.4 Å². The maximum atomic E-state index is 14.4. The van der Waals surface area contributed by atoms with E-state index in [0.29, 0.717) is 18.2 Å². The fourth-order valence-corrected chi connectivity index (χ4v) is 3.96. The number of pyridine rings is 1. The zero-order valence-electron chi connectivity index (χ0n) is 17.2. The lowest BCUT2D eigenvalue weighted by atomic mass is 10.0. The summed E-state index contributed by atoms with van der Waals surface area (Å²) in [5.74, 6) is -6.68. The second-order valence-electron chi connectivity index (χ2n) is 6.87. The minimum atomic E-state index is -5.17. The van der Waals surface area contributed by atoms with E-state index in [0.717, 1.165) is 20.1 Å². The zero-order valence-corrected chi connectivity index (χ0v) is 18.0. The topological polar surface area (TPSA) is 111 Å². The van der Waals surface area contributed by atoms with Crippen LogP contribution in [-0.4, -0.2) is 20.5 Å². The molecule has 0 amide bonds. The Balaban J connectivity index is 2.31. The predicted octanol–water partition coefficient (Wildman–Crippen LogP) is 4.23. The van der Waals surface area contributed by atoms with Crippen LogP contribution in [0.3, 0.4) is 0 Å². The molecule has 3 rings (SSSR count). The first-order valence-electron chi connectivity index (χ1n) is 9.02. The van der Waals surface area contributed by atoms with Gasteiger partial charge in [-0.25, -0.2) is 22.3 Å². The van der Waals surface area contributed by atoms with E-state index in [4.69, 9.17) is 14.6 Å². The summed E-state index contributed by atoms with van der Waals surface area (Å²) in [7, 11) is -3.52. The average molecular weight is 508 g/mol. The quantitative estimate of drug-likeness (QED) is 0.501. The van der Waals surface area contributed by atoms with Gasteiger partial charge in [0.1, 0.15) is 16.5 Å². The average Bonchev–Trinajstić information content (AvgIpc) is 2.69. The van der Waals surface area contributed by atoms with Gasteiger partial charge in [0.2, 0.25) is 27.0 Å². The van der Waals surface area contributed by atoms with Crippen molar-refractivity contribution in [2.75, 3.05) is 7.11 Å². The molecule has 0 aliphatic heterocycles. The van der Waals surface area contributed by atoms with Gasteiger partial charge in [0.25, 0.3) is 0 Å². The highest BCUT2D eigenvalue weighted by molar-refractivity contribution is 7.89. The molecule has 7 nitrogen and oxygen atoms in total. The number of aryl methyl sites for hydroxylation is 1. The highest BCUT2D eigenvalue weighted by atomic mass is 32.2. The molecule has 182 valence electrons. The van der Waals surface area contributed by atoms with E-state index in [1.807, 2.05) is 0 Å². The van der Waals surface area contributed by atoms with Crippen LogP contribution in [0.2, 0.25) is 0 Å². The molecule has 0 spiro atoms. The largest absolute Gasteiger partial charge is 0.490 e. The monoisotopic (exact) mass is 508 g/mol. The molecule has 0 aliphatic rings. The van der Waals surface area contributed by atoms with Gasteiger partial charge in [-0.1, -0.05) is 0 Å². The molecular formula is C20H14F6N2O5S. The molecule has 1 aromatic heterocycles. The van der Waals surface area contributed by atoms with Crippen LogP contribution in [0.5, 0.6) is 17.2 Å². The number of alkyl halides is 3. The van der Waals surface area contributed by atoms with E-state index in [9.17, 15) is 39.6 Å². The number of aromatic nitrogens is 1. The second-order valence-corrected chi connectivity index (χ2v) is 8.37. The summed E-state index contributed by atoms with van der Waals surface area (Å²) in [5, 5.41) is 4.99. The maximum Gasteiger partial charge on any atom is 0.419 e. The number of benzene rings is 2. The predicted molar refractivity (Wildman–Crippen MR) is 107 cm³/mol. The summed E-state index contributed by atoms with van der Waals surface area (Å²) in [6.07, 6.45) is -5.17. The van der Waals surface area contributed by atoms with Crippen molar-refractivity contribution in [1.82, 2.24) is 4.98 Å². The van der Waals surface area contributed by atoms with Crippen LogP contribution < -0.4 is 20.0 Å². The maximum absolute atomic E-state index is 14.4. The van der Waals surface area contributed by atoms with Crippen molar-refractivity contribution in [3.8, 4) is 28.5 Å². The van der Waals surface area contributed by atoms with Crippen LogP contribution >= 0.6 is 0 Å². The highest BCUT2D eigenvalue weighted by Crippen LogP contribution is 2.42. The van der Waals surface area contributed by atoms with Crippen molar-refractivity contribution in [3.05, 3.63) is 69.3 Å². The Hall–Kier alpha value is -3.52. The SMILES string of the molecule is COc1c(Oc2cc(C(F)(F)F)c(F)cc2-c2cc(=O)c(S(N)(=O)=O)c(C)[nH]2)ccc(F)c1F. The van der Waals surface area contributed by atoms with Gasteiger partial charge in [0, 0.05) is 17.3 Å². The van der Waals surface area contributed by atoms with Crippen LogP contribution in [0, 0.1) is 24.4 Å². The Kier molecular flexibility index (Phi) is 6.41. The molecule has 3 N–H and O–H groups in total. The Morgan fingerprint density at radius 1 is 1.00 bits per heavy atom. The molecule has 0 unspecified atom stereocenters. The van der Waals surface area contributed by atoms with Gasteiger partial charge in [-0.2, -0.15) is 17.6 Å². The lowest BCUT2D eigenvalue weighted by molar-refractivity contribution is -0.140. The van der Waals surface area contributed by atoms with E-state index in [1.54, 1.807) is 0 Å². The van der Waals surface area contributed by atoms with E-state index in [1.165, 1.54) is 0 Å². The van der Waals surface area contributed by atoms with Crippen molar-refractivity contribution >= 4 is 10.0 Å². The molecule has 0 saturated heterocycles. The Bertz CT molecular complexity index is 1450. The zero-order chi connectivity index (χ0) is 25.6. The fourth-order valence-electron chi connectivity index (χ4n) is 3.14. The molecule has 34 heavy (non-hydrogen) atoms. The van der Waals surface area contributed by atoms with Crippen molar-refractivity contribution in [2.24, 2.45) is 5.14 Å². The number of methoxy groups -OCH3 is 1. The van der Waals surface area contributed by atoms with Crippen molar-refractivity contribution in [1.29, 1.82) is 0 Å². The molecule has 0 atom stereocenters. The van der Waals surface area contributed by atoms with E-state index in [-0.39, 0.29) is 17.5 Å². The molecule has 0 saturated carbocycles. The number of primary sulfonamides is 1. The number of nitrogens with two attached hydrogens (primary N) is 1. The summed E-state index contributed by atoms with van der Waals surface area (Å²) >= 11 is 0. The van der Waals surface area contributed by atoms with E-state index < -0.39 is 72.4 Å². The first kappa shape index (κ1) is 25.1. The number of hydrogen-bond acceptors (Lipinski definition) is 5. The molecule has 14 heteroatoms. The van der Waals surface area contributed by atoms with E-state index >= 15 is 0 Å². The smallest absolute Gasteiger partial charge is 0.419 e. The van der Waals surface area contributed by atoms with Gasteiger partial charge in [-0.15, -0.1) is 0 Å². The minimum Gasteiger partial charge on any atom is -0.490 e. The first-order chi connectivity index (χ1) is 15.6. The summed E-state index contributed by atoms with van der Waals surface area (Å²) in [4.78, 5) is 14.0. The Labute approximate surface area is 187 Å². The third-order valence-electron chi connectivity index (χ3n) is 4.55. The molecule has 0 radical (unpaired) electrons. The standard InChI is InChI=1S/C20H14F6N2O5S/c1-8-19(34(27,30)31)14(29)7-13(28-8)9-5-12(22)10(20(24,25)26)6-16(9)33-15-4-3-11(21)17(23)18(15)32-2/h3-7H,1-2H3,(H,28,29)(H2,27,30,31). The number of rotatable bonds is 5. The molecule has 2 aromatic carbocycles. The Morgan fingerprint density at radius 2 is 1.65 bits per heavy atom. The van der Waals surface area contributed by atoms with Crippen molar-refractivity contribution < 1.29 is 44.2 Å². The van der Waals surface area contributed by atoms with Crippen LogP contribution in [0.25, 0.3) is 11.3 Å². The van der Waals surface area contributed by atoms with Gasteiger partial charge in [-0.05, 0) is 31.2 Å².